The Labute approximate surface area is 176 Å². The van der Waals surface area contributed by atoms with Crippen molar-refractivity contribution in [2.45, 2.75) is 11.8 Å². The summed E-state index contributed by atoms with van der Waals surface area (Å²) in [6, 6.07) is 11.0. The first kappa shape index (κ1) is 21.0. The van der Waals surface area contributed by atoms with Crippen LogP contribution in [-0.4, -0.2) is 31.5 Å². The van der Waals surface area contributed by atoms with Gasteiger partial charge in [-0.3, -0.25) is 9.59 Å². The Kier molecular flexibility index (Phi) is 6.02. The lowest BCUT2D eigenvalue weighted by atomic mass is 10.1. The van der Waals surface area contributed by atoms with Crippen LogP contribution in [0, 0.1) is 0 Å². The van der Waals surface area contributed by atoms with Crippen LogP contribution in [0.25, 0.3) is 11.3 Å². The average Bonchev–Trinajstić information content (AvgIpc) is 3.08. The standard InChI is InChI=1S/C19H16ClN3O4S2/c1-11(24)21-19-23-17(10-28-19)12-4-3-5-13(8-12)22-18(25)15-7-6-14(9-16(15)20)29(2,26)27/h3-10H,1-2H3,(H,22,25)(H,21,23,24). The third-order valence-electron chi connectivity index (χ3n) is 3.82. The molecule has 3 aromatic rings. The van der Waals surface area contributed by atoms with E-state index in [-0.39, 0.29) is 21.4 Å². The lowest BCUT2D eigenvalue weighted by Gasteiger charge is -2.09. The van der Waals surface area contributed by atoms with Crippen molar-refractivity contribution in [3.05, 3.63) is 58.4 Å². The predicted molar refractivity (Wildman–Crippen MR) is 114 cm³/mol. The molecule has 29 heavy (non-hydrogen) atoms. The molecule has 2 aromatic carbocycles. The molecule has 0 aliphatic rings. The number of hydrogen-bond donors (Lipinski definition) is 2. The Morgan fingerprint density at radius 1 is 1.10 bits per heavy atom. The third kappa shape index (κ3) is 5.20. The largest absolute Gasteiger partial charge is 0.322 e. The van der Waals surface area contributed by atoms with Crippen molar-refractivity contribution in [1.82, 2.24) is 4.98 Å². The molecule has 0 saturated carbocycles. The Morgan fingerprint density at radius 3 is 2.52 bits per heavy atom. The second-order valence-electron chi connectivity index (χ2n) is 6.17. The molecule has 3 rings (SSSR count). The number of nitrogens with zero attached hydrogens (tertiary/aromatic N) is 1. The SMILES string of the molecule is CC(=O)Nc1nc(-c2cccc(NC(=O)c3ccc(S(C)(=O)=O)cc3Cl)c2)cs1. The molecule has 2 amide bonds. The molecule has 0 fully saturated rings. The fraction of sp³-hybridized carbons (Fsp3) is 0.105. The maximum absolute atomic E-state index is 12.6. The van der Waals surface area contributed by atoms with Gasteiger partial charge in [0.15, 0.2) is 15.0 Å². The van der Waals surface area contributed by atoms with E-state index in [0.29, 0.717) is 16.5 Å². The molecule has 0 aliphatic carbocycles. The van der Waals surface area contributed by atoms with Crippen molar-refractivity contribution in [3.63, 3.8) is 0 Å². The Balaban J connectivity index is 1.81. The van der Waals surface area contributed by atoms with Crippen LogP contribution in [0.4, 0.5) is 10.8 Å². The maximum Gasteiger partial charge on any atom is 0.257 e. The van der Waals surface area contributed by atoms with E-state index in [4.69, 9.17) is 11.6 Å². The number of halogens is 1. The fourth-order valence-corrected chi connectivity index (χ4v) is 4.22. The van der Waals surface area contributed by atoms with Crippen molar-refractivity contribution < 1.29 is 18.0 Å². The van der Waals surface area contributed by atoms with Crippen molar-refractivity contribution in [3.8, 4) is 11.3 Å². The van der Waals surface area contributed by atoms with Crippen LogP contribution in [-0.2, 0) is 14.6 Å². The van der Waals surface area contributed by atoms with E-state index in [9.17, 15) is 18.0 Å². The van der Waals surface area contributed by atoms with Crippen LogP contribution in [0.5, 0.6) is 0 Å². The second kappa shape index (κ2) is 8.32. The van der Waals surface area contributed by atoms with E-state index in [2.05, 4.69) is 15.6 Å². The molecule has 0 unspecified atom stereocenters. The van der Waals surface area contributed by atoms with Crippen LogP contribution in [0.2, 0.25) is 5.02 Å². The number of rotatable bonds is 5. The zero-order valence-corrected chi connectivity index (χ0v) is 17.8. The van der Waals surface area contributed by atoms with Crippen molar-refractivity contribution >= 4 is 55.4 Å². The summed E-state index contributed by atoms with van der Waals surface area (Å²) in [4.78, 5) is 28.1. The summed E-state index contributed by atoms with van der Waals surface area (Å²) in [6.07, 6.45) is 1.07. The Morgan fingerprint density at radius 2 is 1.86 bits per heavy atom. The fourth-order valence-electron chi connectivity index (χ4n) is 2.48. The topological polar surface area (TPSA) is 105 Å². The van der Waals surface area contributed by atoms with Gasteiger partial charge in [0.1, 0.15) is 0 Å². The number of nitrogens with one attached hydrogen (secondary N) is 2. The van der Waals surface area contributed by atoms with E-state index < -0.39 is 15.7 Å². The number of carbonyl (C=O) groups excluding carboxylic acids is 2. The molecule has 0 atom stereocenters. The van der Waals surface area contributed by atoms with Crippen molar-refractivity contribution in [2.24, 2.45) is 0 Å². The monoisotopic (exact) mass is 449 g/mol. The summed E-state index contributed by atoms with van der Waals surface area (Å²) in [5.41, 5.74) is 2.09. The molecule has 1 aromatic heterocycles. The van der Waals surface area contributed by atoms with Crippen LogP contribution in [0.1, 0.15) is 17.3 Å². The summed E-state index contributed by atoms with van der Waals surface area (Å²) in [5, 5.41) is 7.69. The second-order valence-corrected chi connectivity index (χ2v) is 9.45. The van der Waals surface area contributed by atoms with Gasteiger partial charge in [-0.15, -0.1) is 11.3 Å². The number of amides is 2. The van der Waals surface area contributed by atoms with Crippen LogP contribution in [0.3, 0.4) is 0 Å². The molecule has 0 bridgehead atoms. The van der Waals surface area contributed by atoms with E-state index in [1.165, 1.54) is 36.5 Å². The van der Waals surface area contributed by atoms with E-state index in [1.54, 1.807) is 23.6 Å². The van der Waals surface area contributed by atoms with Gasteiger partial charge < -0.3 is 10.6 Å². The first-order chi connectivity index (χ1) is 13.6. The minimum Gasteiger partial charge on any atom is -0.322 e. The lowest BCUT2D eigenvalue weighted by Crippen LogP contribution is -2.13. The Hall–Kier alpha value is -2.75. The van der Waals surface area contributed by atoms with Gasteiger partial charge in [-0.2, -0.15) is 0 Å². The molecule has 10 heteroatoms. The number of benzene rings is 2. The number of carbonyl (C=O) groups is 2. The molecule has 2 N–H and O–H groups in total. The van der Waals surface area contributed by atoms with E-state index in [1.807, 2.05) is 6.07 Å². The summed E-state index contributed by atoms with van der Waals surface area (Å²) >= 11 is 7.40. The molecular weight excluding hydrogens is 434 g/mol. The normalized spacial score (nSPS) is 11.1. The zero-order chi connectivity index (χ0) is 21.2. The molecule has 0 saturated heterocycles. The smallest absolute Gasteiger partial charge is 0.257 e. The van der Waals surface area contributed by atoms with Gasteiger partial charge in [0.25, 0.3) is 5.91 Å². The molecular formula is C19H16ClN3O4S2. The minimum atomic E-state index is -3.42. The zero-order valence-electron chi connectivity index (χ0n) is 15.4. The highest BCUT2D eigenvalue weighted by atomic mass is 35.5. The number of anilines is 2. The summed E-state index contributed by atoms with van der Waals surface area (Å²) < 4.78 is 23.2. The first-order valence-corrected chi connectivity index (χ1v) is 11.4. The quantitative estimate of drug-likeness (QED) is 0.610. The highest BCUT2D eigenvalue weighted by Gasteiger charge is 2.15. The summed E-state index contributed by atoms with van der Waals surface area (Å²) in [5.74, 6) is -0.671. The minimum absolute atomic E-state index is 0.0413. The van der Waals surface area contributed by atoms with Gasteiger partial charge in [-0.25, -0.2) is 13.4 Å². The summed E-state index contributed by atoms with van der Waals surface area (Å²) in [6.45, 7) is 1.41. The first-order valence-electron chi connectivity index (χ1n) is 8.28. The Bertz CT molecular complexity index is 1210. The van der Waals surface area contributed by atoms with Crippen LogP contribution in [0.15, 0.2) is 52.7 Å². The van der Waals surface area contributed by atoms with Gasteiger partial charge in [-0.1, -0.05) is 23.7 Å². The lowest BCUT2D eigenvalue weighted by molar-refractivity contribution is -0.114. The van der Waals surface area contributed by atoms with Gasteiger partial charge in [0.05, 0.1) is 21.2 Å². The third-order valence-corrected chi connectivity index (χ3v) is 6.00. The van der Waals surface area contributed by atoms with E-state index in [0.717, 1.165) is 11.8 Å². The molecule has 0 spiro atoms. The number of thiazole rings is 1. The van der Waals surface area contributed by atoms with Crippen molar-refractivity contribution in [1.29, 1.82) is 0 Å². The number of hydrogen-bond acceptors (Lipinski definition) is 6. The molecule has 1 heterocycles. The van der Waals surface area contributed by atoms with Gasteiger partial charge >= 0.3 is 0 Å². The molecule has 7 nitrogen and oxygen atoms in total. The average molecular weight is 450 g/mol. The highest BCUT2D eigenvalue weighted by Crippen LogP contribution is 2.27. The molecule has 0 radical (unpaired) electrons. The number of sulfone groups is 1. The van der Waals surface area contributed by atoms with Crippen LogP contribution < -0.4 is 10.6 Å². The predicted octanol–water partition coefficient (Wildman–Crippen LogP) is 4.08. The van der Waals surface area contributed by atoms with Gasteiger partial charge in [0.2, 0.25) is 5.91 Å². The van der Waals surface area contributed by atoms with Gasteiger partial charge in [-0.05, 0) is 30.3 Å². The highest BCUT2D eigenvalue weighted by molar-refractivity contribution is 7.90. The number of aromatic nitrogens is 1. The summed E-state index contributed by atoms with van der Waals surface area (Å²) in [7, 11) is -3.42. The van der Waals surface area contributed by atoms with Gasteiger partial charge in [0, 0.05) is 29.8 Å². The maximum atomic E-state index is 12.6. The molecule has 0 aliphatic heterocycles. The van der Waals surface area contributed by atoms with E-state index >= 15 is 0 Å². The molecule has 150 valence electrons. The van der Waals surface area contributed by atoms with Crippen LogP contribution >= 0.6 is 22.9 Å². The van der Waals surface area contributed by atoms with Crippen molar-refractivity contribution in [2.75, 3.05) is 16.9 Å².